The minimum atomic E-state index is -0.841. The van der Waals surface area contributed by atoms with E-state index < -0.39 is 29.5 Å². The molecule has 1 atom stereocenters. The zero-order valence-corrected chi connectivity index (χ0v) is 15.4. The zero-order valence-electron chi connectivity index (χ0n) is 15.4. The van der Waals surface area contributed by atoms with Gasteiger partial charge in [-0.1, -0.05) is 12.1 Å². The monoisotopic (exact) mass is 385 g/mol. The molecule has 1 amide bonds. The summed E-state index contributed by atoms with van der Waals surface area (Å²) < 4.78 is 14.9. The van der Waals surface area contributed by atoms with Gasteiger partial charge < -0.3 is 23.9 Å². The predicted molar refractivity (Wildman–Crippen MR) is 96.8 cm³/mol. The largest absolute Gasteiger partial charge is 0.503 e. The van der Waals surface area contributed by atoms with E-state index in [1.165, 1.54) is 43.6 Å². The highest BCUT2D eigenvalue weighted by Crippen LogP contribution is 2.38. The number of hydrogen-bond donors (Lipinski definition) is 1. The highest BCUT2D eigenvalue weighted by molar-refractivity contribution is 6.15. The van der Waals surface area contributed by atoms with E-state index in [9.17, 15) is 19.5 Å². The fraction of sp³-hybridized carbons (Fsp3) is 0.250. The third kappa shape index (κ3) is 3.41. The number of carbonyl (C=O) groups excluding carboxylic acids is 3. The first-order chi connectivity index (χ1) is 13.5. The number of rotatable bonds is 7. The van der Waals surface area contributed by atoms with Gasteiger partial charge in [0.15, 0.2) is 11.5 Å². The molecule has 1 N–H and O–H groups in total. The van der Waals surface area contributed by atoms with Crippen LogP contribution in [0.1, 0.15) is 32.5 Å². The van der Waals surface area contributed by atoms with Gasteiger partial charge in [-0.15, -0.1) is 0 Å². The molecule has 1 aromatic carbocycles. The molecule has 0 radical (unpaired) electrons. The first-order valence-electron chi connectivity index (χ1n) is 8.49. The molecule has 2 aromatic rings. The van der Waals surface area contributed by atoms with Gasteiger partial charge in [0, 0.05) is 13.7 Å². The Morgan fingerprint density at radius 3 is 2.46 bits per heavy atom. The predicted octanol–water partition coefficient (Wildman–Crippen LogP) is 2.29. The fourth-order valence-corrected chi connectivity index (χ4v) is 3.11. The third-order valence-corrected chi connectivity index (χ3v) is 4.48. The number of ketones is 1. The normalized spacial score (nSPS) is 16.6. The molecule has 0 aliphatic carbocycles. The van der Waals surface area contributed by atoms with Crippen LogP contribution in [0, 0.1) is 0 Å². The molecule has 1 aromatic heterocycles. The summed E-state index contributed by atoms with van der Waals surface area (Å²) in [5, 5.41) is 10.4. The van der Waals surface area contributed by atoms with E-state index in [0.29, 0.717) is 11.1 Å². The molecule has 8 nitrogen and oxygen atoms in total. The van der Waals surface area contributed by atoms with Crippen molar-refractivity contribution in [3.8, 4) is 0 Å². The Morgan fingerprint density at radius 1 is 1.18 bits per heavy atom. The van der Waals surface area contributed by atoms with Crippen molar-refractivity contribution in [1.82, 2.24) is 4.90 Å². The molecule has 1 aliphatic heterocycles. The number of nitrogens with zero attached hydrogens (tertiary/aromatic N) is 1. The Bertz CT molecular complexity index is 913. The third-order valence-electron chi connectivity index (χ3n) is 4.48. The topological polar surface area (TPSA) is 106 Å². The fourth-order valence-electron chi connectivity index (χ4n) is 3.11. The van der Waals surface area contributed by atoms with E-state index in [4.69, 9.17) is 9.15 Å². The number of amides is 1. The number of aliphatic hydroxyl groups excluding tert-OH is 1. The number of Topliss-reactive ketones (excluding diaryl/α,β-unsaturated/α-hetero) is 1. The van der Waals surface area contributed by atoms with Crippen LogP contribution in [-0.4, -0.2) is 55.0 Å². The van der Waals surface area contributed by atoms with Gasteiger partial charge in [0.25, 0.3) is 5.91 Å². The van der Waals surface area contributed by atoms with Gasteiger partial charge in [-0.3, -0.25) is 9.59 Å². The van der Waals surface area contributed by atoms with E-state index in [-0.39, 0.29) is 24.5 Å². The lowest BCUT2D eigenvalue weighted by Gasteiger charge is -2.26. The number of ether oxygens (including phenoxy) is 2. The van der Waals surface area contributed by atoms with Crippen molar-refractivity contribution < 1.29 is 33.4 Å². The lowest BCUT2D eigenvalue weighted by atomic mass is 9.94. The second-order valence-electron chi connectivity index (χ2n) is 6.08. The maximum absolute atomic E-state index is 12.9. The summed E-state index contributed by atoms with van der Waals surface area (Å²) in [7, 11) is 2.77. The summed E-state index contributed by atoms with van der Waals surface area (Å²) >= 11 is 0. The molecule has 3 rings (SSSR count). The lowest BCUT2D eigenvalue weighted by Crippen LogP contribution is -2.34. The molecule has 1 aliphatic rings. The van der Waals surface area contributed by atoms with Crippen molar-refractivity contribution >= 4 is 17.7 Å². The average Bonchev–Trinajstić information content (AvgIpc) is 3.34. The van der Waals surface area contributed by atoms with Crippen LogP contribution in [0.15, 0.2) is 58.4 Å². The van der Waals surface area contributed by atoms with E-state index >= 15 is 0 Å². The van der Waals surface area contributed by atoms with Crippen molar-refractivity contribution in [3.05, 3.63) is 70.9 Å². The first kappa shape index (κ1) is 19.4. The molecule has 146 valence electrons. The number of carbonyl (C=O) groups is 3. The van der Waals surface area contributed by atoms with Gasteiger partial charge in [0.05, 0.1) is 37.2 Å². The van der Waals surface area contributed by atoms with Gasteiger partial charge in [-0.2, -0.15) is 0 Å². The number of esters is 1. The van der Waals surface area contributed by atoms with Crippen molar-refractivity contribution in [2.45, 2.75) is 6.04 Å². The average molecular weight is 385 g/mol. The number of benzene rings is 1. The van der Waals surface area contributed by atoms with Crippen LogP contribution in [-0.2, 0) is 14.3 Å². The molecular formula is C20H19NO7. The van der Waals surface area contributed by atoms with E-state index in [0.717, 1.165) is 0 Å². The number of methoxy groups -OCH3 is 2. The van der Waals surface area contributed by atoms with Crippen molar-refractivity contribution in [2.24, 2.45) is 0 Å². The smallest absolute Gasteiger partial charge is 0.337 e. The molecule has 2 heterocycles. The summed E-state index contributed by atoms with van der Waals surface area (Å²) in [5.41, 5.74) is 0.795. The van der Waals surface area contributed by atoms with Gasteiger partial charge in [0.1, 0.15) is 0 Å². The molecule has 28 heavy (non-hydrogen) atoms. The molecular weight excluding hydrogens is 366 g/mol. The van der Waals surface area contributed by atoms with Crippen LogP contribution in [0.5, 0.6) is 0 Å². The maximum atomic E-state index is 12.9. The highest BCUT2D eigenvalue weighted by Gasteiger charge is 2.44. The Morgan fingerprint density at radius 2 is 1.89 bits per heavy atom. The Hall–Kier alpha value is -3.39. The van der Waals surface area contributed by atoms with E-state index in [1.54, 1.807) is 18.2 Å². The molecule has 0 saturated carbocycles. The Labute approximate surface area is 161 Å². The van der Waals surface area contributed by atoms with Gasteiger partial charge >= 0.3 is 5.97 Å². The van der Waals surface area contributed by atoms with Crippen LogP contribution < -0.4 is 0 Å². The standard InChI is InChI=1S/C20H19NO7/c1-26-11-9-21-16(12-5-7-13(8-6-12)20(25)27-2)15(18(23)19(21)24)17(22)14-4-3-10-28-14/h3-8,10,16,23H,9,11H2,1-2H3. The minimum absolute atomic E-state index is 0.0131. The number of hydrogen-bond acceptors (Lipinski definition) is 7. The summed E-state index contributed by atoms with van der Waals surface area (Å²) in [6.45, 7) is 0.385. The van der Waals surface area contributed by atoms with Crippen LogP contribution in [0.2, 0.25) is 0 Å². The quantitative estimate of drug-likeness (QED) is 0.576. The first-order valence-corrected chi connectivity index (χ1v) is 8.49. The number of aliphatic hydroxyl groups is 1. The van der Waals surface area contributed by atoms with Gasteiger partial charge in [-0.05, 0) is 29.8 Å². The SMILES string of the molecule is COCCN1C(=O)C(O)=C(C(=O)c2ccco2)C1c1ccc(C(=O)OC)cc1. The summed E-state index contributed by atoms with van der Waals surface area (Å²) in [5.74, 6) is -2.37. The Balaban J connectivity index is 2.04. The van der Waals surface area contributed by atoms with E-state index in [1.807, 2.05) is 0 Å². The minimum Gasteiger partial charge on any atom is -0.503 e. The summed E-state index contributed by atoms with van der Waals surface area (Å²) in [6.07, 6.45) is 1.34. The van der Waals surface area contributed by atoms with Crippen LogP contribution >= 0.6 is 0 Å². The van der Waals surface area contributed by atoms with Crippen LogP contribution in [0.25, 0.3) is 0 Å². The summed E-state index contributed by atoms with van der Waals surface area (Å²) in [4.78, 5) is 38.5. The molecule has 0 fully saturated rings. The molecule has 8 heteroatoms. The van der Waals surface area contributed by atoms with Crippen molar-refractivity contribution in [1.29, 1.82) is 0 Å². The molecule has 0 spiro atoms. The van der Waals surface area contributed by atoms with Crippen LogP contribution in [0.3, 0.4) is 0 Å². The molecule has 0 saturated heterocycles. The van der Waals surface area contributed by atoms with Crippen LogP contribution in [0.4, 0.5) is 0 Å². The second-order valence-corrected chi connectivity index (χ2v) is 6.08. The van der Waals surface area contributed by atoms with Gasteiger partial charge in [-0.25, -0.2) is 4.79 Å². The second kappa shape index (κ2) is 8.10. The summed E-state index contributed by atoms with van der Waals surface area (Å²) in [6, 6.07) is 8.45. The zero-order chi connectivity index (χ0) is 20.3. The maximum Gasteiger partial charge on any atom is 0.337 e. The van der Waals surface area contributed by atoms with E-state index in [2.05, 4.69) is 4.74 Å². The Kier molecular flexibility index (Phi) is 5.60. The van der Waals surface area contributed by atoms with Gasteiger partial charge in [0.2, 0.25) is 5.78 Å². The lowest BCUT2D eigenvalue weighted by molar-refractivity contribution is -0.130. The molecule has 0 bridgehead atoms. The highest BCUT2D eigenvalue weighted by atomic mass is 16.5. The van der Waals surface area contributed by atoms with Crippen molar-refractivity contribution in [2.75, 3.05) is 27.4 Å². The molecule has 1 unspecified atom stereocenters. The number of furan rings is 1. The van der Waals surface area contributed by atoms with Crippen molar-refractivity contribution in [3.63, 3.8) is 0 Å².